The highest BCUT2D eigenvalue weighted by Crippen LogP contribution is 2.37. The van der Waals surface area contributed by atoms with Crippen molar-refractivity contribution in [1.29, 1.82) is 0 Å². The second kappa shape index (κ2) is 7.41. The van der Waals surface area contributed by atoms with Gasteiger partial charge in [-0.3, -0.25) is 9.69 Å². The second-order valence-electron chi connectivity index (χ2n) is 6.27. The van der Waals surface area contributed by atoms with Gasteiger partial charge in [0.05, 0.1) is 10.7 Å². The van der Waals surface area contributed by atoms with Crippen LogP contribution in [0.25, 0.3) is 0 Å². The molecule has 1 aliphatic rings. The molecule has 2 aromatic carbocycles. The smallest absolute Gasteiger partial charge is 0.153 e. The lowest BCUT2D eigenvalue weighted by molar-refractivity contribution is -0.123. The number of halogens is 1. The lowest BCUT2D eigenvalue weighted by atomic mass is 9.70. The van der Waals surface area contributed by atoms with Crippen LogP contribution in [0.4, 0.5) is 0 Å². The first-order valence-corrected chi connectivity index (χ1v) is 9.28. The van der Waals surface area contributed by atoms with Crippen molar-refractivity contribution in [2.45, 2.75) is 24.8 Å². The van der Waals surface area contributed by atoms with Gasteiger partial charge in [0.25, 0.3) is 0 Å². The quantitative estimate of drug-likeness (QED) is 0.734. The minimum Gasteiger partial charge on any atom is -0.299 e. The van der Waals surface area contributed by atoms with Gasteiger partial charge in [-0.2, -0.15) is 0 Å². The first kappa shape index (κ1) is 16.4. The van der Waals surface area contributed by atoms with Crippen molar-refractivity contribution in [3.05, 3.63) is 71.8 Å². The van der Waals surface area contributed by atoms with Gasteiger partial charge in [0.2, 0.25) is 0 Å². The number of hydrogen-bond donors (Lipinski definition) is 0. The Hall–Kier alpha value is -1.45. The van der Waals surface area contributed by atoms with Gasteiger partial charge in [-0.05, 0) is 37.1 Å². The standard InChI is InChI=1S/C20H22BrNO/c21-15-19(23)20(18-9-5-2-6-10-18)11-13-22(14-12-20)16-17-7-3-1-4-8-17/h1-10H,11-16H2. The number of ketones is 1. The lowest BCUT2D eigenvalue weighted by Crippen LogP contribution is -2.47. The van der Waals surface area contributed by atoms with Crippen LogP contribution in [0.2, 0.25) is 0 Å². The number of benzene rings is 2. The van der Waals surface area contributed by atoms with E-state index in [1.165, 1.54) is 11.1 Å². The second-order valence-corrected chi connectivity index (χ2v) is 6.83. The van der Waals surface area contributed by atoms with Crippen LogP contribution in [0.15, 0.2) is 60.7 Å². The van der Waals surface area contributed by atoms with Crippen molar-refractivity contribution in [3.8, 4) is 0 Å². The zero-order valence-corrected chi connectivity index (χ0v) is 14.8. The van der Waals surface area contributed by atoms with Crippen LogP contribution in [-0.2, 0) is 16.8 Å². The van der Waals surface area contributed by atoms with Crippen molar-refractivity contribution in [2.24, 2.45) is 0 Å². The fourth-order valence-electron chi connectivity index (χ4n) is 3.55. The van der Waals surface area contributed by atoms with Crippen molar-refractivity contribution in [3.63, 3.8) is 0 Å². The fourth-order valence-corrected chi connectivity index (χ4v) is 4.08. The number of carbonyl (C=O) groups is 1. The molecule has 0 N–H and O–H groups in total. The third-order valence-electron chi connectivity index (χ3n) is 4.94. The Bertz CT molecular complexity index is 633. The third kappa shape index (κ3) is 3.56. The first-order chi connectivity index (χ1) is 11.2. The zero-order valence-electron chi connectivity index (χ0n) is 13.2. The Labute approximate surface area is 146 Å². The molecular weight excluding hydrogens is 350 g/mol. The van der Waals surface area contributed by atoms with Gasteiger partial charge in [0.1, 0.15) is 0 Å². The van der Waals surface area contributed by atoms with Crippen LogP contribution in [0.3, 0.4) is 0 Å². The Morgan fingerprint density at radius 3 is 2.09 bits per heavy atom. The van der Waals surface area contributed by atoms with Crippen molar-refractivity contribution in [2.75, 3.05) is 18.4 Å². The third-order valence-corrected chi connectivity index (χ3v) is 5.45. The Morgan fingerprint density at radius 1 is 0.957 bits per heavy atom. The highest BCUT2D eigenvalue weighted by Gasteiger charge is 2.41. The van der Waals surface area contributed by atoms with E-state index in [0.29, 0.717) is 11.1 Å². The summed E-state index contributed by atoms with van der Waals surface area (Å²) < 4.78 is 0. The summed E-state index contributed by atoms with van der Waals surface area (Å²) in [6.07, 6.45) is 1.79. The van der Waals surface area contributed by atoms with Crippen LogP contribution in [0, 0.1) is 0 Å². The summed E-state index contributed by atoms with van der Waals surface area (Å²) in [7, 11) is 0. The topological polar surface area (TPSA) is 20.3 Å². The molecule has 2 aromatic rings. The summed E-state index contributed by atoms with van der Waals surface area (Å²) in [6.45, 7) is 2.89. The summed E-state index contributed by atoms with van der Waals surface area (Å²) in [6, 6.07) is 20.9. The average molecular weight is 372 g/mol. The van der Waals surface area contributed by atoms with Gasteiger partial charge in [0, 0.05) is 6.54 Å². The molecule has 0 saturated carbocycles. The minimum atomic E-state index is -0.321. The maximum Gasteiger partial charge on any atom is 0.153 e. The normalized spacial score (nSPS) is 17.8. The van der Waals surface area contributed by atoms with Crippen LogP contribution >= 0.6 is 15.9 Å². The molecule has 0 radical (unpaired) electrons. The van der Waals surface area contributed by atoms with Gasteiger partial charge < -0.3 is 0 Å². The van der Waals surface area contributed by atoms with E-state index in [4.69, 9.17) is 0 Å². The van der Waals surface area contributed by atoms with Gasteiger partial charge in [-0.1, -0.05) is 76.6 Å². The number of carbonyl (C=O) groups excluding carboxylic acids is 1. The van der Waals surface area contributed by atoms with E-state index in [0.717, 1.165) is 32.5 Å². The maximum atomic E-state index is 12.7. The molecule has 1 heterocycles. The maximum absolute atomic E-state index is 12.7. The van der Waals surface area contributed by atoms with Crippen molar-refractivity contribution in [1.82, 2.24) is 4.90 Å². The minimum absolute atomic E-state index is 0.308. The molecule has 0 aromatic heterocycles. The Kier molecular flexibility index (Phi) is 5.29. The van der Waals surface area contributed by atoms with E-state index in [2.05, 4.69) is 63.3 Å². The highest BCUT2D eigenvalue weighted by molar-refractivity contribution is 9.09. The number of alkyl halides is 1. The summed E-state index contributed by atoms with van der Waals surface area (Å²) >= 11 is 3.39. The number of rotatable bonds is 5. The van der Waals surface area contributed by atoms with Crippen LogP contribution < -0.4 is 0 Å². The molecule has 2 nitrogen and oxygen atoms in total. The molecule has 3 rings (SSSR count). The van der Waals surface area contributed by atoms with E-state index >= 15 is 0 Å². The summed E-state index contributed by atoms with van der Waals surface area (Å²) in [5.74, 6) is 0.308. The molecule has 0 amide bonds. The monoisotopic (exact) mass is 371 g/mol. The van der Waals surface area contributed by atoms with Gasteiger partial charge in [0.15, 0.2) is 5.78 Å². The van der Waals surface area contributed by atoms with E-state index in [9.17, 15) is 4.79 Å². The van der Waals surface area contributed by atoms with E-state index in [1.54, 1.807) is 0 Å². The van der Waals surface area contributed by atoms with E-state index < -0.39 is 0 Å². The Morgan fingerprint density at radius 2 is 1.52 bits per heavy atom. The molecule has 3 heteroatoms. The Balaban J connectivity index is 1.74. The van der Waals surface area contributed by atoms with E-state index in [-0.39, 0.29) is 5.41 Å². The summed E-state index contributed by atoms with van der Waals surface area (Å²) in [5.41, 5.74) is 2.19. The predicted octanol–water partition coefficient (Wildman–Crippen LogP) is 4.18. The zero-order chi connectivity index (χ0) is 16.1. The first-order valence-electron chi connectivity index (χ1n) is 8.16. The molecule has 0 spiro atoms. The predicted molar refractivity (Wildman–Crippen MR) is 97.9 cm³/mol. The fraction of sp³-hybridized carbons (Fsp3) is 0.350. The van der Waals surface area contributed by atoms with Crippen LogP contribution in [0.5, 0.6) is 0 Å². The van der Waals surface area contributed by atoms with Crippen LogP contribution in [-0.4, -0.2) is 29.1 Å². The molecule has 0 atom stereocenters. The highest BCUT2D eigenvalue weighted by atomic mass is 79.9. The summed E-state index contributed by atoms with van der Waals surface area (Å²) in [5, 5.41) is 0.431. The average Bonchev–Trinajstić information content (AvgIpc) is 2.63. The number of piperidine rings is 1. The molecule has 0 unspecified atom stereocenters. The number of Topliss-reactive ketones (excluding diaryl/α,β-unsaturated/α-hetero) is 1. The van der Waals surface area contributed by atoms with E-state index in [1.807, 2.05) is 18.2 Å². The number of nitrogens with zero attached hydrogens (tertiary/aromatic N) is 1. The molecule has 1 fully saturated rings. The van der Waals surface area contributed by atoms with Gasteiger partial charge in [-0.25, -0.2) is 0 Å². The van der Waals surface area contributed by atoms with Crippen molar-refractivity contribution >= 4 is 21.7 Å². The van der Waals surface area contributed by atoms with Gasteiger partial charge in [-0.15, -0.1) is 0 Å². The molecule has 1 aliphatic heterocycles. The molecule has 23 heavy (non-hydrogen) atoms. The largest absolute Gasteiger partial charge is 0.299 e. The summed E-state index contributed by atoms with van der Waals surface area (Å²) in [4.78, 5) is 15.1. The molecular formula is C20H22BrNO. The SMILES string of the molecule is O=C(CBr)C1(c2ccccc2)CCN(Cc2ccccc2)CC1. The lowest BCUT2D eigenvalue weighted by Gasteiger charge is -2.41. The number of hydrogen-bond acceptors (Lipinski definition) is 2. The van der Waals surface area contributed by atoms with Gasteiger partial charge >= 0.3 is 0 Å². The molecule has 0 bridgehead atoms. The van der Waals surface area contributed by atoms with Crippen LogP contribution in [0.1, 0.15) is 24.0 Å². The van der Waals surface area contributed by atoms with Crippen molar-refractivity contribution < 1.29 is 4.79 Å². The molecule has 1 saturated heterocycles. The molecule has 0 aliphatic carbocycles. The number of likely N-dealkylation sites (tertiary alicyclic amines) is 1. The molecule has 120 valence electrons.